The molecule has 5 aromatic rings. The van der Waals surface area contributed by atoms with Crippen LogP contribution in [0.1, 0.15) is 50.9 Å². The Hall–Kier alpha value is -4.60. The second-order valence-electron chi connectivity index (χ2n) is 11.9. The van der Waals surface area contributed by atoms with Gasteiger partial charge in [0.05, 0.1) is 31.6 Å². The number of methoxy groups -OCH3 is 2. The van der Waals surface area contributed by atoms with Crippen molar-refractivity contribution in [3.63, 3.8) is 0 Å². The third-order valence-electron chi connectivity index (χ3n) is 9.59. The number of nitrogens with zero attached hydrogens (tertiary/aromatic N) is 1. The predicted molar refractivity (Wildman–Crippen MR) is 184 cm³/mol. The summed E-state index contributed by atoms with van der Waals surface area (Å²) in [6, 6.07) is 41.0. The summed E-state index contributed by atoms with van der Waals surface area (Å²) in [5, 5.41) is 25.9. The van der Waals surface area contributed by atoms with E-state index in [1.165, 1.54) is 0 Å². The highest BCUT2D eigenvalue weighted by molar-refractivity contribution is 6.31. The molecule has 5 unspecified atom stereocenters. The van der Waals surface area contributed by atoms with Crippen molar-refractivity contribution >= 4 is 29.0 Å². The van der Waals surface area contributed by atoms with Gasteiger partial charge >= 0.3 is 0 Å². The van der Waals surface area contributed by atoms with Crippen LogP contribution in [-0.2, 0) is 11.0 Å². The normalized spacial score (nSPS) is 23.8. The molecule has 0 saturated heterocycles. The quantitative estimate of drug-likeness (QED) is 0.168. The van der Waals surface area contributed by atoms with Crippen molar-refractivity contribution in [1.82, 2.24) is 0 Å². The molecule has 0 aromatic heterocycles. The molecule has 5 aromatic carbocycles. The van der Waals surface area contributed by atoms with Gasteiger partial charge in [-0.15, -0.1) is 0 Å². The first-order valence-corrected chi connectivity index (χ1v) is 16.0. The molecule has 6 rings (SSSR count). The number of ether oxygens (including phenoxy) is 2. The summed E-state index contributed by atoms with van der Waals surface area (Å²) in [6.45, 7) is 0. The smallest absolute Gasteiger partial charge is 0.169 e. The molecule has 5 atom stereocenters. The van der Waals surface area contributed by atoms with Crippen LogP contribution in [0.15, 0.2) is 127 Å². The summed E-state index contributed by atoms with van der Waals surface area (Å²) >= 11 is 12.6. The van der Waals surface area contributed by atoms with Gasteiger partial charge in [-0.25, -0.2) is 0 Å². The first kappa shape index (κ1) is 32.3. The van der Waals surface area contributed by atoms with Crippen LogP contribution in [0, 0.1) is 17.2 Å². The SMILES string of the molecule is COc1ccc(C2CC(O)(c3ccc(Cl)cc3)C(C(=O)c3ccc(Cl)cc3)C(c3ccc(OC)cc3)C2(C#N)c2ccccc2)cc1. The Labute approximate surface area is 284 Å². The number of rotatable bonds is 8. The zero-order valence-electron chi connectivity index (χ0n) is 25.9. The number of carbonyl (C=O) groups is 1. The lowest BCUT2D eigenvalue weighted by atomic mass is 9.46. The molecule has 0 amide bonds. The van der Waals surface area contributed by atoms with Crippen LogP contribution in [0.3, 0.4) is 0 Å². The van der Waals surface area contributed by atoms with Crippen LogP contribution in [0.25, 0.3) is 0 Å². The van der Waals surface area contributed by atoms with Crippen molar-refractivity contribution in [2.45, 2.75) is 29.3 Å². The average molecular weight is 663 g/mol. The average Bonchev–Trinajstić information content (AvgIpc) is 3.12. The molecule has 1 aliphatic carbocycles. The van der Waals surface area contributed by atoms with Crippen molar-refractivity contribution in [2.75, 3.05) is 14.2 Å². The summed E-state index contributed by atoms with van der Waals surface area (Å²) in [5.74, 6) is -1.50. The van der Waals surface area contributed by atoms with E-state index in [9.17, 15) is 10.4 Å². The molecule has 0 aliphatic heterocycles. The summed E-state index contributed by atoms with van der Waals surface area (Å²) in [7, 11) is 3.19. The lowest BCUT2D eigenvalue weighted by Crippen LogP contribution is -2.58. The van der Waals surface area contributed by atoms with Gasteiger partial charge in [0.15, 0.2) is 5.78 Å². The molecule has 0 radical (unpaired) electrons. The standard InChI is InChI=1S/C40H33Cl2NO4/c1-46-33-20-10-26(11-21-33)35-24-40(45,30-14-18-32(42)19-15-30)37(38(44)28-8-16-31(41)17-9-28)36(27-12-22-34(47-2)23-13-27)39(35,25-43)29-6-4-3-5-7-29/h3-23,35-37,45H,24H2,1-2H3. The van der Waals surface area contributed by atoms with Crippen LogP contribution in [0.2, 0.25) is 10.0 Å². The molecule has 0 bridgehead atoms. The highest BCUT2D eigenvalue weighted by Gasteiger charge is 2.64. The highest BCUT2D eigenvalue weighted by Crippen LogP contribution is 2.64. The Morgan fingerprint density at radius 3 is 1.74 bits per heavy atom. The van der Waals surface area contributed by atoms with E-state index >= 15 is 4.79 Å². The predicted octanol–water partition coefficient (Wildman–Crippen LogP) is 9.13. The monoisotopic (exact) mass is 661 g/mol. The van der Waals surface area contributed by atoms with Gasteiger partial charge in [0.1, 0.15) is 17.1 Å². The zero-order valence-corrected chi connectivity index (χ0v) is 27.5. The fourth-order valence-electron chi connectivity index (χ4n) is 7.34. The number of nitriles is 1. The number of benzene rings is 5. The number of Topliss-reactive ketones (excluding diaryl/α,β-unsaturated/α-hetero) is 1. The Morgan fingerprint density at radius 1 is 0.723 bits per heavy atom. The minimum Gasteiger partial charge on any atom is -0.497 e. The summed E-state index contributed by atoms with van der Waals surface area (Å²) in [6.07, 6.45) is 0.0695. The molecule has 1 fully saturated rings. The van der Waals surface area contributed by atoms with Gasteiger partial charge in [0.25, 0.3) is 0 Å². The maximum atomic E-state index is 15.1. The molecule has 1 aliphatic rings. The molecule has 47 heavy (non-hydrogen) atoms. The zero-order chi connectivity index (χ0) is 33.2. The Balaban J connectivity index is 1.72. The lowest BCUT2D eigenvalue weighted by molar-refractivity contribution is -0.0738. The molecule has 1 saturated carbocycles. The van der Waals surface area contributed by atoms with E-state index in [0.29, 0.717) is 38.2 Å². The van der Waals surface area contributed by atoms with E-state index in [1.54, 1.807) is 62.8 Å². The Bertz CT molecular complexity index is 1890. The minimum absolute atomic E-state index is 0.0695. The molecule has 5 nitrogen and oxygen atoms in total. The summed E-state index contributed by atoms with van der Waals surface area (Å²) in [4.78, 5) is 15.1. The van der Waals surface area contributed by atoms with Crippen molar-refractivity contribution in [1.29, 1.82) is 5.26 Å². The lowest BCUT2D eigenvalue weighted by Gasteiger charge is -2.56. The van der Waals surface area contributed by atoms with Gasteiger partial charge < -0.3 is 14.6 Å². The van der Waals surface area contributed by atoms with Crippen LogP contribution in [0.5, 0.6) is 11.5 Å². The van der Waals surface area contributed by atoms with Crippen LogP contribution < -0.4 is 9.47 Å². The molecule has 7 heteroatoms. The van der Waals surface area contributed by atoms with E-state index < -0.39 is 28.8 Å². The van der Waals surface area contributed by atoms with Crippen LogP contribution in [0.4, 0.5) is 0 Å². The van der Waals surface area contributed by atoms with E-state index in [2.05, 4.69) is 6.07 Å². The van der Waals surface area contributed by atoms with Gasteiger partial charge in [-0.2, -0.15) is 5.26 Å². The third kappa shape index (κ3) is 5.79. The van der Waals surface area contributed by atoms with E-state index in [0.717, 1.165) is 11.1 Å². The van der Waals surface area contributed by atoms with E-state index in [-0.39, 0.29) is 12.2 Å². The van der Waals surface area contributed by atoms with Crippen LogP contribution >= 0.6 is 23.2 Å². The Morgan fingerprint density at radius 2 is 1.23 bits per heavy atom. The minimum atomic E-state index is -1.73. The largest absolute Gasteiger partial charge is 0.497 e. The molecule has 1 N–H and O–H groups in total. The highest BCUT2D eigenvalue weighted by atomic mass is 35.5. The molecular formula is C40H33Cl2NO4. The van der Waals surface area contributed by atoms with Crippen molar-refractivity contribution in [2.24, 2.45) is 5.92 Å². The van der Waals surface area contributed by atoms with Gasteiger partial charge in [-0.05, 0) is 89.3 Å². The van der Waals surface area contributed by atoms with E-state index in [4.69, 9.17) is 32.7 Å². The number of halogens is 2. The van der Waals surface area contributed by atoms with Gasteiger partial charge in [0.2, 0.25) is 0 Å². The van der Waals surface area contributed by atoms with Gasteiger partial charge in [0, 0.05) is 27.4 Å². The first-order chi connectivity index (χ1) is 22.7. The first-order valence-electron chi connectivity index (χ1n) is 15.3. The fraction of sp³-hybridized carbons (Fsp3) is 0.200. The summed E-state index contributed by atoms with van der Waals surface area (Å²) in [5.41, 5.74) is 0.172. The molecule has 0 spiro atoms. The van der Waals surface area contributed by atoms with Gasteiger partial charge in [-0.1, -0.05) is 89.9 Å². The van der Waals surface area contributed by atoms with Crippen LogP contribution in [-0.4, -0.2) is 25.1 Å². The molecular weight excluding hydrogens is 629 g/mol. The number of carbonyl (C=O) groups excluding carboxylic acids is 1. The number of hydrogen-bond acceptors (Lipinski definition) is 5. The maximum absolute atomic E-state index is 15.1. The van der Waals surface area contributed by atoms with Crippen molar-refractivity contribution < 1.29 is 19.4 Å². The second kappa shape index (κ2) is 13.3. The fourth-order valence-corrected chi connectivity index (χ4v) is 7.59. The topological polar surface area (TPSA) is 79.6 Å². The van der Waals surface area contributed by atoms with Crippen molar-refractivity contribution in [3.8, 4) is 17.6 Å². The maximum Gasteiger partial charge on any atom is 0.169 e. The molecule has 0 heterocycles. The van der Waals surface area contributed by atoms with Gasteiger partial charge in [-0.3, -0.25) is 4.79 Å². The third-order valence-corrected chi connectivity index (χ3v) is 10.1. The number of hydrogen-bond donors (Lipinski definition) is 1. The van der Waals surface area contributed by atoms with E-state index in [1.807, 2.05) is 78.9 Å². The Kier molecular flexibility index (Phi) is 9.12. The number of ketones is 1. The number of aliphatic hydroxyl groups is 1. The summed E-state index contributed by atoms with van der Waals surface area (Å²) < 4.78 is 11.0. The van der Waals surface area contributed by atoms with Crippen molar-refractivity contribution in [3.05, 3.63) is 165 Å². The second-order valence-corrected chi connectivity index (χ2v) is 12.8. The molecule has 236 valence electrons.